The van der Waals surface area contributed by atoms with Gasteiger partial charge in [0.2, 0.25) is 0 Å². The number of benzene rings is 1. The molecule has 0 spiro atoms. The van der Waals surface area contributed by atoms with Crippen LogP contribution in [0.4, 0.5) is 5.69 Å². The Morgan fingerprint density at radius 2 is 1.89 bits per heavy atom. The quantitative estimate of drug-likeness (QED) is 0.806. The molecule has 6 heteroatoms. The van der Waals surface area contributed by atoms with Crippen LogP contribution in [0, 0.1) is 0 Å². The molecule has 0 saturated heterocycles. The Hall–Kier alpha value is -2.50. The number of aromatic amines is 1. The smallest absolute Gasteiger partial charge is 0.295 e. The molecule has 1 aromatic carbocycles. The van der Waals surface area contributed by atoms with Crippen LogP contribution in [0.25, 0.3) is 5.69 Å². The number of hydrogen-bond donors (Lipinski definition) is 2. The van der Waals surface area contributed by atoms with Crippen LogP contribution in [0.5, 0.6) is 0 Å². The van der Waals surface area contributed by atoms with Crippen molar-refractivity contribution in [1.82, 2.24) is 14.7 Å². The van der Waals surface area contributed by atoms with Gasteiger partial charge in [0, 0.05) is 14.1 Å². The summed E-state index contributed by atoms with van der Waals surface area (Å²) in [4.78, 5) is 25.1. The molecule has 0 fully saturated rings. The van der Waals surface area contributed by atoms with E-state index >= 15 is 0 Å². The van der Waals surface area contributed by atoms with Crippen LogP contribution >= 0.6 is 0 Å². The lowest BCUT2D eigenvalue weighted by molar-refractivity contribution is 0.0822. The van der Waals surface area contributed by atoms with E-state index in [9.17, 15) is 9.59 Å². The van der Waals surface area contributed by atoms with Crippen molar-refractivity contribution in [2.45, 2.75) is 0 Å². The molecular weight excluding hydrogens is 232 g/mol. The Balaban J connectivity index is 2.57. The molecular formula is C12H14N4O2. The van der Waals surface area contributed by atoms with E-state index in [0.717, 1.165) is 0 Å². The highest BCUT2D eigenvalue weighted by atomic mass is 16.2. The highest BCUT2D eigenvalue weighted by molar-refractivity contribution is 5.96. The average molecular weight is 246 g/mol. The maximum absolute atomic E-state index is 12.0. The fraction of sp³-hybridized carbons (Fsp3) is 0.167. The summed E-state index contributed by atoms with van der Waals surface area (Å²) in [5.74, 6) is -0.334. The number of amides is 1. The van der Waals surface area contributed by atoms with Crippen LogP contribution < -0.4 is 11.3 Å². The molecule has 3 N–H and O–H groups in total. The first kappa shape index (κ1) is 12.0. The summed E-state index contributed by atoms with van der Waals surface area (Å²) in [5, 5.41) is 2.74. The molecule has 1 heterocycles. The lowest BCUT2D eigenvalue weighted by Crippen LogP contribution is -2.23. The van der Waals surface area contributed by atoms with E-state index in [-0.39, 0.29) is 17.3 Å². The second kappa shape index (κ2) is 4.40. The largest absolute Gasteiger partial charge is 0.392 e. The maximum atomic E-state index is 12.0. The third-order valence-electron chi connectivity index (χ3n) is 2.56. The molecule has 2 rings (SSSR count). The van der Waals surface area contributed by atoms with Crippen LogP contribution in [0.2, 0.25) is 0 Å². The number of anilines is 1. The van der Waals surface area contributed by atoms with Crippen LogP contribution in [-0.2, 0) is 0 Å². The van der Waals surface area contributed by atoms with Crippen LogP contribution in [-0.4, -0.2) is 34.7 Å². The predicted octanol–water partition coefficient (Wildman–Crippen LogP) is 0.450. The van der Waals surface area contributed by atoms with E-state index < -0.39 is 5.56 Å². The molecule has 1 amide bonds. The third kappa shape index (κ3) is 1.88. The first-order valence-corrected chi connectivity index (χ1v) is 5.40. The number of carbonyl (C=O) groups is 1. The molecule has 94 valence electrons. The molecule has 0 radical (unpaired) electrons. The van der Waals surface area contributed by atoms with Crippen molar-refractivity contribution < 1.29 is 4.79 Å². The summed E-state index contributed by atoms with van der Waals surface area (Å²) >= 11 is 0. The van der Waals surface area contributed by atoms with Gasteiger partial charge >= 0.3 is 0 Å². The normalized spacial score (nSPS) is 10.3. The fourth-order valence-electron chi connectivity index (χ4n) is 1.60. The number of nitrogen functional groups attached to an aromatic ring is 1. The molecule has 6 nitrogen and oxygen atoms in total. The molecule has 0 aliphatic heterocycles. The van der Waals surface area contributed by atoms with Gasteiger partial charge in [-0.1, -0.05) is 18.2 Å². The SMILES string of the molecule is CN(C)C(=O)c1[nH]n(-c2ccccc2)c(=O)c1N. The van der Waals surface area contributed by atoms with Gasteiger partial charge in [0.15, 0.2) is 0 Å². The Labute approximate surface area is 104 Å². The summed E-state index contributed by atoms with van der Waals surface area (Å²) in [6, 6.07) is 8.94. The van der Waals surface area contributed by atoms with Gasteiger partial charge in [-0.15, -0.1) is 0 Å². The van der Waals surface area contributed by atoms with Gasteiger partial charge in [-0.3, -0.25) is 14.7 Å². The van der Waals surface area contributed by atoms with Crippen molar-refractivity contribution >= 4 is 11.6 Å². The minimum atomic E-state index is -0.425. The van der Waals surface area contributed by atoms with Gasteiger partial charge in [0.05, 0.1) is 5.69 Å². The van der Waals surface area contributed by atoms with Crippen molar-refractivity contribution in [2.75, 3.05) is 19.8 Å². The number of carbonyl (C=O) groups excluding carboxylic acids is 1. The van der Waals surface area contributed by atoms with Gasteiger partial charge in [0.25, 0.3) is 11.5 Å². The molecule has 0 saturated carbocycles. The average Bonchev–Trinajstić information content (AvgIpc) is 2.67. The second-order valence-corrected chi connectivity index (χ2v) is 4.08. The first-order valence-electron chi connectivity index (χ1n) is 5.40. The molecule has 0 aliphatic carbocycles. The van der Waals surface area contributed by atoms with E-state index in [0.29, 0.717) is 5.69 Å². The number of aromatic nitrogens is 2. The van der Waals surface area contributed by atoms with Gasteiger partial charge < -0.3 is 10.6 Å². The highest BCUT2D eigenvalue weighted by Crippen LogP contribution is 2.10. The number of nitrogens with zero attached hydrogens (tertiary/aromatic N) is 2. The topological polar surface area (TPSA) is 84.1 Å². The lowest BCUT2D eigenvalue weighted by Gasteiger charge is -2.08. The zero-order valence-electron chi connectivity index (χ0n) is 10.2. The number of para-hydroxylation sites is 1. The molecule has 0 aliphatic rings. The van der Waals surface area contributed by atoms with Crippen molar-refractivity contribution in [1.29, 1.82) is 0 Å². The Morgan fingerprint density at radius 3 is 2.44 bits per heavy atom. The zero-order chi connectivity index (χ0) is 13.3. The second-order valence-electron chi connectivity index (χ2n) is 4.08. The number of H-pyrrole nitrogens is 1. The molecule has 0 unspecified atom stereocenters. The van der Waals surface area contributed by atoms with Crippen LogP contribution in [0.15, 0.2) is 35.1 Å². The molecule has 2 aromatic rings. The molecule has 0 bridgehead atoms. The Kier molecular flexibility index (Phi) is 2.93. The fourth-order valence-corrected chi connectivity index (χ4v) is 1.60. The minimum Gasteiger partial charge on any atom is -0.392 e. The molecule has 1 aromatic heterocycles. The van der Waals surface area contributed by atoms with E-state index in [4.69, 9.17) is 5.73 Å². The monoisotopic (exact) mass is 246 g/mol. The summed E-state index contributed by atoms with van der Waals surface area (Å²) in [6.07, 6.45) is 0. The van der Waals surface area contributed by atoms with Crippen molar-refractivity contribution in [3.63, 3.8) is 0 Å². The number of rotatable bonds is 2. The zero-order valence-corrected chi connectivity index (χ0v) is 10.2. The van der Waals surface area contributed by atoms with E-state index in [1.54, 1.807) is 38.4 Å². The number of hydrogen-bond acceptors (Lipinski definition) is 3. The van der Waals surface area contributed by atoms with Gasteiger partial charge in [0.1, 0.15) is 11.4 Å². The van der Waals surface area contributed by atoms with E-state index in [1.807, 2.05) is 6.07 Å². The first-order chi connectivity index (χ1) is 8.52. The lowest BCUT2D eigenvalue weighted by atomic mass is 10.3. The summed E-state index contributed by atoms with van der Waals surface area (Å²) in [5.41, 5.74) is 5.91. The van der Waals surface area contributed by atoms with E-state index in [2.05, 4.69) is 5.10 Å². The van der Waals surface area contributed by atoms with Gasteiger partial charge in [-0.05, 0) is 12.1 Å². The predicted molar refractivity (Wildman–Crippen MR) is 68.8 cm³/mol. The van der Waals surface area contributed by atoms with Crippen LogP contribution in [0.3, 0.4) is 0 Å². The molecule has 0 atom stereocenters. The number of nitrogens with one attached hydrogen (secondary N) is 1. The Morgan fingerprint density at radius 1 is 1.28 bits per heavy atom. The van der Waals surface area contributed by atoms with Gasteiger partial charge in [-0.2, -0.15) is 0 Å². The van der Waals surface area contributed by atoms with Crippen molar-refractivity contribution in [3.05, 3.63) is 46.4 Å². The molecule has 18 heavy (non-hydrogen) atoms. The summed E-state index contributed by atoms with van der Waals surface area (Å²) < 4.78 is 1.26. The van der Waals surface area contributed by atoms with Crippen molar-refractivity contribution in [2.24, 2.45) is 0 Å². The van der Waals surface area contributed by atoms with Gasteiger partial charge in [-0.25, -0.2) is 4.68 Å². The van der Waals surface area contributed by atoms with E-state index in [1.165, 1.54) is 9.58 Å². The van der Waals surface area contributed by atoms with Crippen molar-refractivity contribution in [3.8, 4) is 5.69 Å². The van der Waals surface area contributed by atoms with Crippen LogP contribution in [0.1, 0.15) is 10.5 Å². The summed E-state index contributed by atoms with van der Waals surface area (Å²) in [6.45, 7) is 0. The summed E-state index contributed by atoms with van der Waals surface area (Å²) in [7, 11) is 3.19. The highest BCUT2D eigenvalue weighted by Gasteiger charge is 2.19. The number of nitrogens with two attached hydrogens (primary N) is 1. The third-order valence-corrected chi connectivity index (χ3v) is 2.56. The maximum Gasteiger partial charge on any atom is 0.295 e. The minimum absolute atomic E-state index is 0.0717. The Bertz CT molecular complexity index is 625. The standard InChI is InChI=1S/C12H14N4O2/c1-15(2)12(18)10-9(13)11(17)16(14-10)8-6-4-3-5-7-8/h3-7,14H,13H2,1-2H3.